The van der Waals surface area contributed by atoms with Crippen LogP contribution in [-0.2, 0) is 4.79 Å². The Hall–Kier alpha value is -2.60. The third kappa shape index (κ3) is 3.62. The first kappa shape index (κ1) is 17.8. The van der Waals surface area contributed by atoms with Crippen LogP contribution in [0.15, 0.2) is 42.5 Å². The first-order chi connectivity index (χ1) is 13.1. The number of methoxy groups -OCH3 is 1. The molecule has 1 unspecified atom stereocenters. The number of benzene rings is 2. The second-order valence-electron chi connectivity index (χ2n) is 7.26. The van der Waals surface area contributed by atoms with Crippen LogP contribution in [0.4, 0.5) is 10.1 Å². The van der Waals surface area contributed by atoms with Gasteiger partial charge in [0.1, 0.15) is 0 Å². The summed E-state index contributed by atoms with van der Waals surface area (Å²) in [5.74, 6) is 0.517. The van der Waals surface area contributed by atoms with Gasteiger partial charge in [-0.15, -0.1) is 0 Å². The van der Waals surface area contributed by atoms with Gasteiger partial charge in [0.2, 0.25) is 5.91 Å². The molecule has 1 saturated carbocycles. The molecule has 1 aliphatic carbocycles. The van der Waals surface area contributed by atoms with Gasteiger partial charge in [0.15, 0.2) is 23.1 Å². The second-order valence-corrected chi connectivity index (χ2v) is 7.26. The van der Waals surface area contributed by atoms with E-state index in [0.717, 1.165) is 32.4 Å². The highest BCUT2D eigenvalue weighted by atomic mass is 19.1. The van der Waals surface area contributed by atoms with Crippen molar-refractivity contribution in [1.29, 1.82) is 0 Å². The van der Waals surface area contributed by atoms with Crippen molar-refractivity contribution in [3.05, 3.63) is 48.3 Å². The number of rotatable bonds is 5. The molecule has 1 amide bonds. The molecular weight excluding hydrogens is 347 g/mol. The number of carbonyl (C=O) groups excluding carboxylic acids is 1. The molecule has 5 nitrogen and oxygen atoms in total. The summed E-state index contributed by atoms with van der Waals surface area (Å²) in [5.41, 5.74) is 0.599. The van der Waals surface area contributed by atoms with E-state index in [4.69, 9.17) is 9.47 Å². The molecule has 1 saturated heterocycles. The van der Waals surface area contributed by atoms with Crippen LogP contribution in [0.3, 0.4) is 0 Å². The molecule has 1 spiro atoms. The summed E-state index contributed by atoms with van der Waals surface area (Å²) in [6.07, 6.45) is 2.99. The number of anilines is 1. The lowest BCUT2D eigenvalue weighted by atomic mass is 9.92. The van der Waals surface area contributed by atoms with Gasteiger partial charge in [-0.05, 0) is 62.0 Å². The van der Waals surface area contributed by atoms with Crippen molar-refractivity contribution in [3.63, 3.8) is 0 Å². The van der Waals surface area contributed by atoms with Crippen LogP contribution in [0.5, 0.6) is 17.2 Å². The first-order valence-electron chi connectivity index (χ1n) is 9.23. The predicted molar refractivity (Wildman–Crippen MR) is 101 cm³/mol. The minimum absolute atomic E-state index is 0.0188. The van der Waals surface area contributed by atoms with Crippen molar-refractivity contribution in [3.8, 4) is 17.2 Å². The molecule has 2 fully saturated rings. The monoisotopic (exact) mass is 370 g/mol. The quantitative estimate of drug-likeness (QED) is 0.837. The lowest BCUT2D eigenvalue weighted by Crippen LogP contribution is -2.31. The molecule has 6 heteroatoms. The van der Waals surface area contributed by atoms with Crippen LogP contribution in [-0.4, -0.2) is 26.1 Å². The lowest BCUT2D eigenvalue weighted by molar-refractivity contribution is -0.118. The van der Waals surface area contributed by atoms with Gasteiger partial charge in [-0.2, -0.15) is 0 Å². The summed E-state index contributed by atoms with van der Waals surface area (Å²) < 4.78 is 25.3. The van der Waals surface area contributed by atoms with Gasteiger partial charge in [0.25, 0.3) is 0 Å². The number of hydrogen-bond acceptors (Lipinski definition) is 4. The summed E-state index contributed by atoms with van der Waals surface area (Å²) in [6, 6.07) is 11.5. The van der Waals surface area contributed by atoms with Crippen LogP contribution < -0.4 is 20.1 Å². The Morgan fingerprint density at radius 3 is 2.59 bits per heavy atom. The second kappa shape index (κ2) is 7.19. The molecule has 1 atom stereocenters. The van der Waals surface area contributed by atoms with Crippen LogP contribution in [0.1, 0.15) is 19.3 Å². The molecular formula is C21H23FN2O3. The van der Waals surface area contributed by atoms with E-state index in [1.807, 2.05) is 6.07 Å². The molecule has 1 aliphatic heterocycles. The third-order valence-electron chi connectivity index (χ3n) is 5.59. The highest BCUT2D eigenvalue weighted by Gasteiger charge is 2.57. The molecule has 4 rings (SSSR count). The fourth-order valence-corrected chi connectivity index (χ4v) is 3.91. The van der Waals surface area contributed by atoms with Crippen LogP contribution >= 0.6 is 0 Å². The Morgan fingerprint density at radius 2 is 1.89 bits per heavy atom. The Morgan fingerprint density at radius 1 is 1.15 bits per heavy atom. The normalized spacial score (nSPS) is 20.1. The number of amides is 1. The van der Waals surface area contributed by atoms with Gasteiger partial charge in [-0.25, -0.2) is 4.39 Å². The Bertz CT molecular complexity index is 849. The smallest absolute Gasteiger partial charge is 0.228 e. The number of para-hydroxylation sites is 2. The molecule has 2 N–H and O–H groups in total. The minimum atomic E-state index is -0.536. The fourth-order valence-electron chi connectivity index (χ4n) is 3.91. The molecule has 0 aromatic heterocycles. The van der Waals surface area contributed by atoms with Crippen LogP contribution in [0, 0.1) is 17.2 Å². The Kier molecular flexibility index (Phi) is 4.74. The molecule has 0 radical (unpaired) electrons. The van der Waals surface area contributed by atoms with Crippen LogP contribution in [0.2, 0.25) is 0 Å². The van der Waals surface area contributed by atoms with E-state index in [-0.39, 0.29) is 23.0 Å². The average molecular weight is 370 g/mol. The Labute approximate surface area is 157 Å². The van der Waals surface area contributed by atoms with Crippen molar-refractivity contribution in [2.24, 2.45) is 11.3 Å². The van der Waals surface area contributed by atoms with Crippen molar-refractivity contribution in [2.75, 3.05) is 25.5 Å². The van der Waals surface area contributed by atoms with Crippen LogP contribution in [0.25, 0.3) is 0 Å². The van der Waals surface area contributed by atoms with Gasteiger partial charge >= 0.3 is 0 Å². The van der Waals surface area contributed by atoms with Crippen molar-refractivity contribution in [1.82, 2.24) is 5.32 Å². The average Bonchev–Trinajstić information content (AvgIpc) is 3.38. The van der Waals surface area contributed by atoms with E-state index < -0.39 is 5.82 Å². The van der Waals surface area contributed by atoms with Gasteiger partial charge < -0.3 is 20.1 Å². The van der Waals surface area contributed by atoms with Gasteiger partial charge in [0, 0.05) is 17.7 Å². The molecule has 2 aromatic rings. The summed E-state index contributed by atoms with van der Waals surface area (Å²) >= 11 is 0. The van der Waals surface area contributed by atoms with Crippen molar-refractivity contribution < 1.29 is 18.7 Å². The zero-order valence-electron chi connectivity index (χ0n) is 15.3. The van der Waals surface area contributed by atoms with E-state index in [0.29, 0.717) is 17.2 Å². The van der Waals surface area contributed by atoms with E-state index in [9.17, 15) is 9.18 Å². The molecule has 27 heavy (non-hydrogen) atoms. The zero-order chi connectivity index (χ0) is 18.9. The van der Waals surface area contributed by atoms with Crippen molar-refractivity contribution >= 4 is 11.6 Å². The van der Waals surface area contributed by atoms with Gasteiger partial charge in [-0.3, -0.25) is 4.79 Å². The van der Waals surface area contributed by atoms with E-state index in [1.54, 1.807) is 24.3 Å². The lowest BCUT2D eigenvalue weighted by Gasteiger charge is -2.23. The van der Waals surface area contributed by atoms with Crippen molar-refractivity contribution in [2.45, 2.75) is 19.3 Å². The number of piperidine rings is 1. The Balaban J connectivity index is 1.42. The van der Waals surface area contributed by atoms with E-state index in [1.165, 1.54) is 19.2 Å². The zero-order valence-corrected chi connectivity index (χ0v) is 15.3. The maximum absolute atomic E-state index is 14.5. The summed E-state index contributed by atoms with van der Waals surface area (Å²) in [5, 5.41) is 6.18. The topological polar surface area (TPSA) is 59.6 Å². The predicted octanol–water partition coefficient (Wildman–Crippen LogP) is 3.95. The minimum Gasteiger partial charge on any atom is -0.493 e. The molecule has 2 aromatic carbocycles. The van der Waals surface area contributed by atoms with E-state index in [2.05, 4.69) is 10.6 Å². The molecule has 0 bridgehead atoms. The molecule has 1 heterocycles. The number of halogens is 1. The first-order valence-corrected chi connectivity index (χ1v) is 9.23. The van der Waals surface area contributed by atoms with E-state index >= 15 is 0 Å². The van der Waals surface area contributed by atoms with Gasteiger partial charge in [0.05, 0.1) is 7.11 Å². The maximum atomic E-state index is 14.5. The maximum Gasteiger partial charge on any atom is 0.228 e. The number of nitrogens with one attached hydrogen (secondary N) is 2. The number of carbonyl (C=O) groups is 1. The fraction of sp³-hybridized carbons (Fsp3) is 0.381. The number of ether oxygens (including phenoxy) is 2. The van der Waals surface area contributed by atoms with Gasteiger partial charge in [-0.1, -0.05) is 12.1 Å². The molecule has 2 aliphatic rings. The standard InChI is InChI=1S/C21H23FN2O3/c1-26-18-4-2-3-5-19(18)27-17-7-6-14(12-16(17)22)24-20(25)15-13-21(15)8-10-23-11-9-21/h2-7,12,15,23H,8-11,13H2,1H3,(H,24,25). The SMILES string of the molecule is COc1ccccc1Oc1ccc(NC(=O)C2CC23CCNCC3)cc1F. The summed E-state index contributed by atoms with van der Waals surface area (Å²) in [6.45, 7) is 1.93. The molecule has 142 valence electrons. The summed E-state index contributed by atoms with van der Waals surface area (Å²) in [7, 11) is 1.53. The number of hydrogen-bond donors (Lipinski definition) is 2. The summed E-state index contributed by atoms with van der Waals surface area (Å²) in [4.78, 5) is 12.5. The highest BCUT2D eigenvalue weighted by molar-refractivity contribution is 5.95. The largest absolute Gasteiger partial charge is 0.493 e. The highest BCUT2D eigenvalue weighted by Crippen LogP contribution is 2.58. The third-order valence-corrected chi connectivity index (χ3v) is 5.59.